The summed E-state index contributed by atoms with van der Waals surface area (Å²) in [7, 11) is 0. The molecule has 5 N–H and O–H groups in total. The van der Waals surface area contributed by atoms with Gasteiger partial charge in [0.25, 0.3) is 5.91 Å². The molecule has 1 aromatic rings. The van der Waals surface area contributed by atoms with Crippen molar-refractivity contribution in [1.82, 2.24) is 10.3 Å². The number of nitrogen functional groups attached to an aromatic ring is 1. The van der Waals surface area contributed by atoms with Crippen molar-refractivity contribution in [2.24, 2.45) is 52.2 Å². The molecule has 49 heavy (non-hydrogen) atoms. The zero-order valence-corrected chi connectivity index (χ0v) is 30.9. The summed E-state index contributed by atoms with van der Waals surface area (Å²) in [6.45, 7) is 13.1. The number of carbonyl (C=O) groups excluding carboxylic acids is 2. The van der Waals surface area contributed by atoms with Crippen molar-refractivity contribution in [2.45, 2.75) is 137 Å². The van der Waals surface area contributed by atoms with Gasteiger partial charge in [-0.2, -0.15) is 0 Å². The van der Waals surface area contributed by atoms with Gasteiger partial charge in [-0.3, -0.25) is 4.79 Å². The molecule has 4 aliphatic carbocycles. The molecule has 9 nitrogen and oxygen atoms in total. The lowest BCUT2D eigenvalue weighted by Crippen LogP contribution is -2.53. The summed E-state index contributed by atoms with van der Waals surface area (Å²) in [5.41, 5.74) is 4.71. The Morgan fingerprint density at radius 1 is 1.00 bits per heavy atom. The molecule has 5 rings (SSSR count). The second-order valence-corrected chi connectivity index (χ2v) is 16.9. The summed E-state index contributed by atoms with van der Waals surface area (Å²) in [5.74, 6) is 8.73. The van der Waals surface area contributed by atoms with Gasteiger partial charge in [-0.25, -0.2) is 15.6 Å². The summed E-state index contributed by atoms with van der Waals surface area (Å²) >= 11 is 0. The van der Waals surface area contributed by atoms with Gasteiger partial charge in [-0.05, 0) is 116 Å². The van der Waals surface area contributed by atoms with E-state index in [0.717, 1.165) is 61.7 Å². The third kappa shape index (κ3) is 8.63. The van der Waals surface area contributed by atoms with Crippen LogP contribution in [-0.2, 0) is 9.47 Å². The highest BCUT2D eigenvalue weighted by atomic mass is 16.8. The molecule has 0 aromatic carbocycles. The zero-order valence-electron chi connectivity index (χ0n) is 30.9. The number of aromatic nitrogens is 1. The quantitative estimate of drug-likeness (QED) is 0.0361. The lowest BCUT2D eigenvalue weighted by molar-refractivity contribution is -0.200. The van der Waals surface area contributed by atoms with Gasteiger partial charge >= 0.3 is 6.16 Å². The van der Waals surface area contributed by atoms with Crippen molar-refractivity contribution in [3.05, 3.63) is 35.5 Å². The molecule has 0 aliphatic heterocycles. The number of nitrogens with one attached hydrogen (secondary N) is 2. The topological polar surface area (TPSA) is 136 Å². The van der Waals surface area contributed by atoms with E-state index in [9.17, 15) is 14.7 Å². The van der Waals surface area contributed by atoms with E-state index in [2.05, 4.69) is 56.4 Å². The largest absolute Gasteiger partial charge is 0.510 e. The van der Waals surface area contributed by atoms with Gasteiger partial charge in [0.2, 0.25) is 5.79 Å². The Hall–Kier alpha value is -2.65. The Balaban J connectivity index is 1.03. The number of rotatable bonds is 15. The Kier molecular flexibility index (Phi) is 12.4. The van der Waals surface area contributed by atoms with Crippen LogP contribution in [0.4, 0.5) is 10.6 Å². The fraction of sp³-hybridized carbons (Fsp3) is 0.775. The SMILES string of the molecule is CC(C)CCC[C@@H](C)[C@H]1CC[C@H]2[C@@H]3CC=C4C[C@](O)(OC(=O)OCCCCCCNC(=O)c5ccc(NN)nc5)CC[C@]4(C)[C@H]3CC[C@]12C. The van der Waals surface area contributed by atoms with E-state index >= 15 is 0 Å². The molecule has 9 heteroatoms. The number of allylic oxidation sites excluding steroid dienone is 1. The maximum Gasteiger partial charge on any atom is 0.510 e. The molecule has 0 bridgehead atoms. The molecule has 3 fully saturated rings. The van der Waals surface area contributed by atoms with Gasteiger partial charge in [0, 0.05) is 25.6 Å². The van der Waals surface area contributed by atoms with E-state index in [1.807, 2.05) is 0 Å². The van der Waals surface area contributed by atoms with Crippen LogP contribution in [0.2, 0.25) is 0 Å². The number of anilines is 1. The van der Waals surface area contributed by atoms with E-state index in [0.29, 0.717) is 48.5 Å². The number of hydrogen-bond acceptors (Lipinski definition) is 8. The number of fused-ring (bicyclic) bond motifs is 5. The third-order valence-corrected chi connectivity index (χ3v) is 13.4. The fourth-order valence-corrected chi connectivity index (χ4v) is 10.6. The van der Waals surface area contributed by atoms with Crippen LogP contribution in [0.25, 0.3) is 0 Å². The number of hydrogen-bond donors (Lipinski definition) is 4. The number of carbonyl (C=O) groups is 2. The van der Waals surface area contributed by atoms with Crippen LogP contribution in [0.1, 0.15) is 141 Å². The molecule has 274 valence electrons. The molecule has 0 unspecified atom stereocenters. The van der Waals surface area contributed by atoms with Crippen LogP contribution in [0.5, 0.6) is 0 Å². The summed E-state index contributed by atoms with van der Waals surface area (Å²) in [4.78, 5) is 28.9. The Morgan fingerprint density at radius 3 is 2.53 bits per heavy atom. The number of unbranched alkanes of at least 4 members (excludes halogenated alkanes) is 3. The minimum absolute atomic E-state index is 0.0632. The van der Waals surface area contributed by atoms with Crippen LogP contribution in [-0.4, -0.2) is 41.1 Å². The zero-order chi connectivity index (χ0) is 35.2. The standard InChI is InChI=1S/C40H64N4O5/c1-27(2)11-10-12-28(3)32-16-17-33-31-15-14-30-25-40(47,22-21-38(30,4)34(31)19-20-39(32,33)5)49-37(46)48-24-9-7-6-8-23-42-36(45)29-13-18-35(44-41)43-26-29/h13-14,18,26-28,31-34,47H,6-12,15-17,19-25,41H2,1-5H3,(H,42,45)(H,43,44)/t28-,31+,32-,33+,34+,38+,39-,40-/m1/s1. The average molecular weight is 681 g/mol. The maximum atomic E-state index is 12.6. The summed E-state index contributed by atoms with van der Waals surface area (Å²) in [5, 5.41) is 14.3. The summed E-state index contributed by atoms with van der Waals surface area (Å²) < 4.78 is 11.0. The van der Waals surface area contributed by atoms with Crippen LogP contribution in [0, 0.1) is 46.3 Å². The smallest absolute Gasteiger partial charge is 0.434 e. The molecule has 0 spiro atoms. The maximum absolute atomic E-state index is 12.6. The van der Waals surface area contributed by atoms with Crippen LogP contribution >= 0.6 is 0 Å². The molecule has 0 saturated heterocycles. The second kappa shape index (κ2) is 16.1. The first-order valence-corrected chi connectivity index (χ1v) is 19.4. The molecule has 1 heterocycles. The predicted molar refractivity (Wildman–Crippen MR) is 193 cm³/mol. The monoisotopic (exact) mass is 680 g/mol. The van der Waals surface area contributed by atoms with Gasteiger partial charge < -0.3 is 25.3 Å². The second-order valence-electron chi connectivity index (χ2n) is 16.9. The molecular weight excluding hydrogens is 616 g/mol. The number of amides is 1. The number of hydrazine groups is 1. The first-order valence-electron chi connectivity index (χ1n) is 19.4. The average Bonchev–Trinajstić information content (AvgIpc) is 3.43. The fourth-order valence-electron chi connectivity index (χ4n) is 10.6. The first-order chi connectivity index (χ1) is 23.4. The third-order valence-electron chi connectivity index (χ3n) is 13.4. The molecule has 0 radical (unpaired) electrons. The van der Waals surface area contributed by atoms with Crippen molar-refractivity contribution in [3.8, 4) is 0 Å². The first kappa shape index (κ1) is 37.6. The van der Waals surface area contributed by atoms with Gasteiger partial charge in [0.1, 0.15) is 5.82 Å². The van der Waals surface area contributed by atoms with E-state index in [1.165, 1.54) is 56.7 Å². The molecule has 4 aliphatic rings. The Bertz CT molecular complexity index is 1300. The highest BCUT2D eigenvalue weighted by molar-refractivity contribution is 5.94. The minimum Gasteiger partial charge on any atom is -0.434 e. The normalized spacial score (nSPS) is 32.7. The molecular formula is C40H64N4O5. The van der Waals surface area contributed by atoms with Crippen molar-refractivity contribution in [2.75, 3.05) is 18.6 Å². The summed E-state index contributed by atoms with van der Waals surface area (Å²) in [6, 6.07) is 3.32. The van der Waals surface area contributed by atoms with Crippen molar-refractivity contribution in [3.63, 3.8) is 0 Å². The van der Waals surface area contributed by atoms with Crippen molar-refractivity contribution in [1.29, 1.82) is 0 Å². The summed E-state index contributed by atoms with van der Waals surface area (Å²) in [6.07, 6.45) is 18.6. The lowest BCUT2D eigenvalue weighted by atomic mass is 9.46. The number of nitrogens with zero attached hydrogens (tertiary/aromatic N) is 1. The Morgan fingerprint density at radius 2 is 1.80 bits per heavy atom. The van der Waals surface area contributed by atoms with Crippen LogP contribution < -0.4 is 16.6 Å². The highest BCUT2D eigenvalue weighted by Gasteiger charge is 2.60. The van der Waals surface area contributed by atoms with Gasteiger partial charge in [0.05, 0.1) is 12.2 Å². The van der Waals surface area contributed by atoms with Crippen LogP contribution in [0.15, 0.2) is 30.0 Å². The molecule has 1 aromatic heterocycles. The van der Waals surface area contributed by atoms with Gasteiger partial charge in [-0.15, -0.1) is 0 Å². The van der Waals surface area contributed by atoms with E-state index in [1.54, 1.807) is 12.1 Å². The van der Waals surface area contributed by atoms with E-state index in [4.69, 9.17) is 15.3 Å². The lowest BCUT2D eigenvalue weighted by Gasteiger charge is -2.59. The van der Waals surface area contributed by atoms with Crippen molar-refractivity contribution >= 4 is 17.9 Å². The number of pyridine rings is 1. The van der Waals surface area contributed by atoms with Gasteiger partial charge in [0.15, 0.2) is 0 Å². The predicted octanol–water partition coefficient (Wildman–Crippen LogP) is 8.54. The minimum atomic E-state index is -1.50. The van der Waals surface area contributed by atoms with E-state index < -0.39 is 11.9 Å². The van der Waals surface area contributed by atoms with Gasteiger partial charge in [-0.1, -0.05) is 72.0 Å². The highest BCUT2D eigenvalue weighted by Crippen LogP contribution is 2.67. The number of ether oxygens (including phenoxy) is 2. The van der Waals surface area contributed by atoms with Crippen molar-refractivity contribution < 1.29 is 24.2 Å². The van der Waals surface area contributed by atoms with Crippen LogP contribution in [0.3, 0.4) is 0 Å². The number of aliphatic hydroxyl groups is 1. The molecule has 8 atom stereocenters. The number of nitrogens with two attached hydrogens (primary N) is 1. The Labute approximate surface area is 294 Å². The van der Waals surface area contributed by atoms with E-state index in [-0.39, 0.29) is 17.9 Å². The molecule has 1 amide bonds. The molecule has 3 saturated carbocycles.